The molecule has 2 aromatic heterocycles. The smallest absolute Gasteiger partial charge is 0.226 e. The van der Waals surface area contributed by atoms with Crippen molar-refractivity contribution < 1.29 is 0 Å². The molecule has 0 amide bonds. The molecule has 0 radical (unpaired) electrons. The second kappa shape index (κ2) is 3.05. The first-order chi connectivity index (χ1) is 7.33. The van der Waals surface area contributed by atoms with Gasteiger partial charge in [0, 0.05) is 12.2 Å². The average molecular weight is 201 g/mol. The predicted octanol–water partition coefficient (Wildman–Crippen LogP) is 1.18. The average Bonchev–Trinajstić information content (AvgIpc) is 3.02. The molecular weight excluding hydrogens is 190 g/mol. The molecule has 1 saturated carbocycles. The Kier molecular flexibility index (Phi) is 1.71. The predicted molar refractivity (Wildman–Crippen MR) is 58.4 cm³/mol. The molecule has 3 N–H and O–H groups in total. The van der Waals surface area contributed by atoms with Crippen molar-refractivity contribution in [1.82, 2.24) is 15.0 Å². The van der Waals surface area contributed by atoms with Crippen LogP contribution in [0.15, 0.2) is 18.3 Å². The molecule has 0 unspecified atom stereocenters. The number of anilines is 2. The van der Waals surface area contributed by atoms with E-state index in [4.69, 9.17) is 5.73 Å². The van der Waals surface area contributed by atoms with E-state index in [0.29, 0.717) is 23.5 Å². The zero-order valence-corrected chi connectivity index (χ0v) is 8.14. The summed E-state index contributed by atoms with van der Waals surface area (Å²) in [5, 5.41) is 4.01. The molecule has 0 spiro atoms. The Morgan fingerprint density at radius 1 is 1.33 bits per heavy atom. The lowest BCUT2D eigenvalue weighted by atomic mass is 10.3. The minimum Gasteiger partial charge on any atom is -0.383 e. The fourth-order valence-electron chi connectivity index (χ4n) is 1.46. The van der Waals surface area contributed by atoms with Gasteiger partial charge in [0.2, 0.25) is 5.95 Å². The molecule has 1 fully saturated rings. The van der Waals surface area contributed by atoms with Crippen LogP contribution < -0.4 is 11.1 Å². The molecule has 5 heteroatoms. The van der Waals surface area contributed by atoms with Gasteiger partial charge in [0.15, 0.2) is 5.65 Å². The molecule has 0 atom stereocenters. The van der Waals surface area contributed by atoms with Gasteiger partial charge < -0.3 is 11.1 Å². The molecule has 1 aliphatic carbocycles. The third-order valence-electron chi connectivity index (χ3n) is 2.41. The molecule has 1 aliphatic rings. The lowest BCUT2D eigenvalue weighted by molar-refractivity contribution is 1.07. The standard InChI is InChI=1S/C10H11N5/c11-8-7-2-1-5-12-9(7)15-10(14-8)13-6-3-4-6/h1-2,5-6H,3-4H2,(H3,11,12,13,14,15). The monoisotopic (exact) mass is 201 g/mol. The van der Waals surface area contributed by atoms with Gasteiger partial charge in [-0.2, -0.15) is 9.97 Å². The highest BCUT2D eigenvalue weighted by atomic mass is 15.2. The van der Waals surface area contributed by atoms with E-state index >= 15 is 0 Å². The van der Waals surface area contributed by atoms with Gasteiger partial charge in [0.1, 0.15) is 5.82 Å². The van der Waals surface area contributed by atoms with Crippen LogP contribution in [0.2, 0.25) is 0 Å². The fourth-order valence-corrected chi connectivity index (χ4v) is 1.46. The van der Waals surface area contributed by atoms with E-state index in [0.717, 1.165) is 5.39 Å². The molecule has 0 aliphatic heterocycles. The maximum absolute atomic E-state index is 5.82. The van der Waals surface area contributed by atoms with Crippen LogP contribution >= 0.6 is 0 Å². The highest BCUT2D eigenvalue weighted by molar-refractivity contribution is 5.85. The SMILES string of the molecule is Nc1nc(NC2CC2)nc2ncccc12. The maximum atomic E-state index is 5.82. The summed E-state index contributed by atoms with van der Waals surface area (Å²) in [6, 6.07) is 4.22. The van der Waals surface area contributed by atoms with Crippen LogP contribution in [0.4, 0.5) is 11.8 Å². The van der Waals surface area contributed by atoms with E-state index in [-0.39, 0.29) is 0 Å². The Morgan fingerprint density at radius 2 is 2.20 bits per heavy atom. The van der Waals surface area contributed by atoms with Crippen LogP contribution in [0.25, 0.3) is 11.0 Å². The third-order valence-corrected chi connectivity index (χ3v) is 2.41. The Balaban J connectivity index is 2.09. The number of nitrogen functional groups attached to an aromatic ring is 1. The van der Waals surface area contributed by atoms with Gasteiger partial charge >= 0.3 is 0 Å². The minimum atomic E-state index is 0.483. The summed E-state index contributed by atoms with van der Waals surface area (Å²) in [7, 11) is 0. The number of nitrogens with two attached hydrogens (primary N) is 1. The van der Waals surface area contributed by atoms with Crippen molar-refractivity contribution in [3.63, 3.8) is 0 Å². The van der Waals surface area contributed by atoms with Crippen molar-refractivity contribution in [2.45, 2.75) is 18.9 Å². The van der Waals surface area contributed by atoms with Gasteiger partial charge in [-0.1, -0.05) is 0 Å². The second-order valence-corrected chi connectivity index (χ2v) is 3.73. The van der Waals surface area contributed by atoms with Gasteiger partial charge in [0.05, 0.1) is 5.39 Å². The van der Waals surface area contributed by atoms with Gasteiger partial charge in [-0.25, -0.2) is 4.98 Å². The molecule has 3 rings (SSSR count). The molecule has 0 aromatic carbocycles. The topological polar surface area (TPSA) is 76.7 Å². The second-order valence-electron chi connectivity index (χ2n) is 3.73. The van der Waals surface area contributed by atoms with Gasteiger partial charge in [-0.15, -0.1) is 0 Å². The number of hydrogen-bond acceptors (Lipinski definition) is 5. The fraction of sp³-hybridized carbons (Fsp3) is 0.300. The molecule has 2 heterocycles. The number of rotatable bonds is 2. The van der Waals surface area contributed by atoms with E-state index in [9.17, 15) is 0 Å². The summed E-state index contributed by atoms with van der Waals surface area (Å²) in [6.45, 7) is 0. The summed E-state index contributed by atoms with van der Waals surface area (Å²) < 4.78 is 0. The van der Waals surface area contributed by atoms with Gasteiger partial charge in [-0.3, -0.25) is 0 Å². The first-order valence-corrected chi connectivity index (χ1v) is 4.98. The van der Waals surface area contributed by atoms with Crippen LogP contribution in [0.1, 0.15) is 12.8 Å². The van der Waals surface area contributed by atoms with Crippen molar-refractivity contribution in [2.24, 2.45) is 0 Å². The van der Waals surface area contributed by atoms with Gasteiger partial charge in [-0.05, 0) is 25.0 Å². The largest absolute Gasteiger partial charge is 0.383 e. The zero-order chi connectivity index (χ0) is 10.3. The summed E-state index contributed by atoms with van der Waals surface area (Å²) in [6.07, 6.45) is 4.07. The molecule has 76 valence electrons. The van der Waals surface area contributed by atoms with Crippen molar-refractivity contribution in [3.05, 3.63) is 18.3 Å². The highest BCUT2D eigenvalue weighted by Crippen LogP contribution is 2.24. The Hall–Kier alpha value is -1.91. The van der Waals surface area contributed by atoms with E-state index in [1.54, 1.807) is 6.20 Å². The molecule has 5 nitrogen and oxygen atoms in total. The van der Waals surface area contributed by atoms with Crippen molar-refractivity contribution in [2.75, 3.05) is 11.1 Å². The minimum absolute atomic E-state index is 0.483. The van der Waals surface area contributed by atoms with Crippen LogP contribution in [0.5, 0.6) is 0 Å². The Morgan fingerprint density at radius 3 is 3.00 bits per heavy atom. The number of hydrogen-bond donors (Lipinski definition) is 2. The number of fused-ring (bicyclic) bond motifs is 1. The zero-order valence-electron chi connectivity index (χ0n) is 8.14. The van der Waals surface area contributed by atoms with E-state index < -0.39 is 0 Å². The molecular formula is C10H11N5. The van der Waals surface area contributed by atoms with Crippen LogP contribution in [-0.4, -0.2) is 21.0 Å². The van der Waals surface area contributed by atoms with E-state index in [1.807, 2.05) is 12.1 Å². The Labute approximate surface area is 86.8 Å². The first-order valence-electron chi connectivity index (χ1n) is 4.98. The normalized spacial score (nSPS) is 15.5. The quantitative estimate of drug-likeness (QED) is 0.763. The van der Waals surface area contributed by atoms with Crippen molar-refractivity contribution >= 4 is 22.8 Å². The highest BCUT2D eigenvalue weighted by Gasteiger charge is 2.22. The first kappa shape index (κ1) is 8.40. The molecule has 0 saturated heterocycles. The van der Waals surface area contributed by atoms with Crippen LogP contribution in [-0.2, 0) is 0 Å². The van der Waals surface area contributed by atoms with Gasteiger partial charge in [0.25, 0.3) is 0 Å². The lowest BCUT2D eigenvalue weighted by Gasteiger charge is -2.05. The van der Waals surface area contributed by atoms with E-state index in [2.05, 4.69) is 20.3 Å². The van der Waals surface area contributed by atoms with Crippen molar-refractivity contribution in [3.8, 4) is 0 Å². The van der Waals surface area contributed by atoms with E-state index in [1.165, 1.54) is 12.8 Å². The third kappa shape index (κ3) is 1.56. The molecule has 0 bridgehead atoms. The number of pyridine rings is 1. The lowest BCUT2D eigenvalue weighted by Crippen LogP contribution is -2.07. The summed E-state index contributed by atoms with van der Waals surface area (Å²) in [5.41, 5.74) is 6.47. The van der Waals surface area contributed by atoms with Crippen LogP contribution in [0, 0.1) is 0 Å². The number of aromatic nitrogens is 3. The van der Waals surface area contributed by atoms with Crippen molar-refractivity contribution in [1.29, 1.82) is 0 Å². The summed E-state index contributed by atoms with van der Waals surface area (Å²) >= 11 is 0. The number of nitrogens with zero attached hydrogens (tertiary/aromatic N) is 3. The maximum Gasteiger partial charge on any atom is 0.226 e. The number of nitrogens with one attached hydrogen (secondary N) is 1. The van der Waals surface area contributed by atoms with Crippen LogP contribution in [0.3, 0.4) is 0 Å². The Bertz CT molecular complexity index is 506. The summed E-state index contributed by atoms with van der Waals surface area (Å²) in [4.78, 5) is 12.7. The molecule has 15 heavy (non-hydrogen) atoms. The molecule has 2 aromatic rings. The summed E-state index contributed by atoms with van der Waals surface area (Å²) in [5.74, 6) is 1.07.